The lowest BCUT2D eigenvalue weighted by molar-refractivity contribution is 0.247. The Kier molecular flexibility index (Phi) is 14.5. The molecule has 121 valence electrons. The topological polar surface area (TPSA) is 20.2 Å². The summed E-state index contributed by atoms with van der Waals surface area (Å²) in [7, 11) is 0. The fraction of sp³-hybridized carbons (Fsp3) is 0.944. The van der Waals surface area contributed by atoms with Crippen LogP contribution in [0.3, 0.4) is 0 Å². The van der Waals surface area contributed by atoms with E-state index in [4.69, 9.17) is 0 Å². The van der Waals surface area contributed by atoms with Crippen molar-refractivity contribution in [3.8, 4) is 0 Å². The normalized spacial score (nSPS) is 14.4. The van der Waals surface area contributed by atoms with Crippen molar-refractivity contribution in [2.75, 3.05) is 6.61 Å². The average Bonchev–Trinajstić information content (AvgIpc) is 2.48. The van der Waals surface area contributed by atoms with E-state index in [0.717, 1.165) is 6.42 Å². The molecule has 0 amide bonds. The summed E-state index contributed by atoms with van der Waals surface area (Å²) < 4.78 is -0.0154. The molecule has 1 radical (unpaired) electrons. The van der Waals surface area contributed by atoms with E-state index in [-0.39, 0.29) is 11.4 Å². The lowest BCUT2D eigenvalue weighted by Gasteiger charge is -2.24. The van der Waals surface area contributed by atoms with Crippen LogP contribution in [0.15, 0.2) is 0 Å². The van der Waals surface area contributed by atoms with Gasteiger partial charge in [-0.1, -0.05) is 84.0 Å². The molecule has 0 heterocycles. The monoisotopic (exact) mass is 301 g/mol. The van der Waals surface area contributed by atoms with Gasteiger partial charge in [0.05, 0.1) is 6.61 Å². The molecule has 0 aromatic rings. The molecule has 1 unspecified atom stereocenters. The van der Waals surface area contributed by atoms with Gasteiger partial charge in [-0.05, 0) is 13.3 Å². The molecular formula is C18H37OS. The Morgan fingerprint density at radius 1 is 0.800 bits per heavy atom. The third-order valence-electron chi connectivity index (χ3n) is 4.24. The van der Waals surface area contributed by atoms with Crippen LogP contribution >= 0.6 is 11.8 Å². The Balaban J connectivity index is 3.17. The molecule has 2 heteroatoms. The average molecular weight is 302 g/mol. The van der Waals surface area contributed by atoms with Gasteiger partial charge in [-0.15, -0.1) is 0 Å². The van der Waals surface area contributed by atoms with Crippen LogP contribution in [-0.4, -0.2) is 16.5 Å². The minimum atomic E-state index is -0.0154. The summed E-state index contributed by atoms with van der Waals surface area (Å²) in [6.45, 7) is 4.64. The van der Waals surface area contributed by atoms with Gasteiger partial charge in [0.25, 0.3) is 0 Å². The molecule has 20 heavy (non-hydrogen) atoms. The third kappa shape index (κ3) is 12.1. The fourth-order valence-corrected chi connectivity index (χ4v) is 2.92. The van der Waals surface area contributed by atoms with E-state index in [0.29, 0.717) is 0 Å². The molecule has 0 aliphatic carbocycles. The summed E-state index contributed by atoms with van der Waals surface area (Å²) >= 11 is 1.56. The second-order valence-corrected chi connectivity index (χ2v) is 7.67. The van der Waals surface area contributed by atoms with Gasteiger partial charge in [0.15, 0.2) is 0 Å². The number of thioether (sulfide) groups is 1. The summed E-state index contributed by atoms with van der Waals surface area (Å²) in [6.07, 6.45) is 21.6. The van der Waals surface area contributed by atoms with Crippen molar-refractivity contribution in [1.82, 2.24) is 0 Å². The number of aliphatic hydroxyl groups is 1. The van der Waals surface area contributed by atoms with Gasteiger partial charge in [0.2, 0.25) is 0 Å². The predicted octanol–water partition coefficient (Wildman–Crippen LogP) is 6.35. The minimum absolute atomic E-state index is 0.0154. The molecular weight excluding hydrogens is 264 g/mol. The van der Waals surface area contributed by atoms with Crippen molar-refractivity contribution in [2.45, 2.75) is 102 Å². The maximum absolute atomic E-state index is 9.30. The largest absolute Gasteiger partial charge is 0.395 e. The van der Waals surface area contributed by atoms with Crippen LogP contribution < -0.4 is 0 Å². The number of hydrogen-bond acceptors (Lipinski definition) is 2. The second kappa shape index (κ2) is 14.3. The van der Waals surface area contributed by atoms with Gasteiger partial charge in [-0.3, -0.25) is 0 Å². The first kappa shape index (κ1) is 20.3. The summed E-state index contributed by atoms with van der Waals surface area (Å²) in [6, 6.07) is 0. The van der Waals surface area contributed by atoms with E-state index in [1.165, 1.54) is 77.0 Å². The van der Waals surface area contributed by atoms with E-state index in [2.05, 4.69) is 20.1 Å². The maximum Gasteiger partial charge on any atom is 0.0575 e. The van der Waals surface area contributed by atoms with Crippen molar-refractivity contribution in [3.63, 3.8) is 0 Å². The fourth-order valence-electron chi connectivity index (χ4n) is 2.54. The molecule has 0 aromatic heterocycles. The lowest BCUT2D eigenvalue weighted by atomic mass is 10.0. The second-order valence-electron chi connectivity index (χ2n) is 6.39. The van der Waals surface area contributed by atoms with Gasteiger partial charge >= 0.3 is 0 Å². The Morgan fingerprint density at radius 2 is 1.20 bits per heavy atom. The van der Waals surface area contributed by atoms with E-state index < -0.39 is 0 Å². The van der Waals surface area contributed by atoms with Crippen LogP contribution in [0.25, 0.3) is 0 Å². The summed E-state index contributed by atoms with van der Waals surface area (Å²) in [5.41, 5.74) is 0. The van der Waals surface area contributed by atoms with Gasteiger partial charge in [0, 0.05) is 11.0 Å². The molecule has 0 aliphatic rings. The standard InChI is InChI=1S/C18H37OS/c1-4-5-6-7-8-9-10-11-12-13-14-15-16-18(2,17-19)20-3/h19H,3-17H2,1-2H3. The predicted molar refractivity (Wildman–Crippen MR) is 94.1 cm³/mol. The maximum atomic E-state index is 9.30. The zero-order chi connectivity index (χ0) is 15.1. The Hall–Kier alpha value is 0.310. The van der Waals surface area contributed by atoms with Gasteiger partial charge in [-0.2, -0.15) is 11.8 Å². The highest BCUT2D eigenvalue weighted by atomic mass is 32.2. The first-order valence-electron chi connectivity index (χ1n) is 8.72. The van der Waals surface area contributed by atoms with Gasteiger partial charge < -0.3 is 5.11 Å². The van der Waals surface area contributed by atoms with E-state index in [1.54, 1.807) is 11.8 Å². The smallest absolute Gasteiger partial charge is 0.0575 e. The molecule has 0 saturated heterocycles. The molecule has 0 fully saturated rings. The summed E-state index contributed by atoms with van der Waals surface area (Å²) in [5, 5.41) is 9.30. The molecule has 1 N–H and O–H groups in total. The highest BCUT2D eigenvalue weighted by molar-refractivity contribution is 8.01. The minimum Gasteiger partial charge on any atom is -0.395 e. The number of hydrogen-bond donors (Lipinski definition) is 1. The number of aliphatic hydroxyl groups excluding tert-OH is 1. The van der Waals surface area contributed by atoms with E-state index in [9.17, 15) is 5.11 Å². The molecule has 0 aromatic carbocycles. The highest BCUT2D eigenvalue weighted by Gasteiger charge is 2.20. The van der Waals surface area contributed by atoms with Crippen molar-refractivity contribution >= 4 is 11.8 Å². The van der Waals surface area contributed by atoms with E-state index >= 15 is 0 Å². The van der Waals surface area contributed by atoms with Crippen LogP contribution in [0.2, 0.25) is 0 Å². The zero-order valence-corrected chi connectivity index (χ0v) is 14.8. The Bertz CT molecular complexity index is 190. The number of unbranched alkanes of at least 4 members (excludes halogenated alkanes) is 11. The first-order chi connectivity index (χ1) is 9.68. The van der Waals surface area contributed by atoms with Crippen molar-refractivity contribution in [3.05, 3.63) is 6.26 Å². The van der Waals surface area contributed by atoms with Crippen LogP contribution in [0.1, 0.15) is 97.3 Å². The van der Waals surface area contributed by atoms with Crippen LogP contribution in [-0.2, 0) is 0 Å². The Labute approximate surface area is 132 Å². The van der Waals surface area contributed by atoms with Gasteiger partial charge in [-0.25, -0.2) is 0 Å². The van der Waals surface area contributed by atoms with Crippen molar-refractivity contribution in [2.24, 2.45) is 0 Å². The molecule has 0 aliphatic heterocycles. The quantitative estimate of drug-likeness (QED) is 0.355. The van der Waals surface area contributed by atoms with Crippen molar-refractivity contribution < 1.29 is 5.11 Å². The lowest BCUT2D eigenvalue weighted by Crippen LogP contribution is -2.23. The highest BCUT2D eigenvalue weighted by Crippen LogP contribution is 2.29. The zero-order valence-electron chi connectivity index (χ0n) is 14.0. The Morgan fingerprint density at radius 3 is 1.55 bits per heavy atom. The molecule has 0 rings (SSSR count). The summed E-state index contributed by atoms with van der Waals surface area (Å²) in [4.78, 5) is 0. The molecule has 1 nitrogen and oxygen atoms in total. The summed E-state index contributed by atoms with van der Waals surface area (Å²) in [5.74, 6) is 0. The third-order valence-corrected chi connectivity index (χ3v) is 5.27. The van der Waals surface area contributed by atoms with Crippen LogP contribution in [0, 0.1) is 6.26 Å². The SMILES string of the molecule is [CH2]SC(C)(CO)CCCCCCCCCCCCCC. The first-order valence-corrected chi connectivity index (χ1v) is 9.71. The van der Waals surface area contributed by atoms with Crippen molar-refractivity contribution in [1.29, 1.82) is 0 Å². The molecule has 0 spiro atoms. The molecule has 0 bridgehead atoms. The van der Waals surface area contributed by atoms with E-state index in [1.807, 2.05) is 0 Å². The molecule has 1 atom stereocenters. The number of rotatable bonds is 15. The van der Waals surface area contributed by atoms with Crippen LogP contribution in [0.4, 0.5) is 0 Å². The molecule has 0 saturated carbocycles. The van der Waals surface area contributed by atoms with Gasteiger partial charge in [0.1, 0.15) is 0 Å². The van der Waals surface area contributed by atoms with Crippen LogP contribution in [0.5, 0.6) is 0 Å².